The second-order valence-electron chi connectivity index (χ2n) is 8.51. The van der Waals surface area contributed by atoms with Crippen molar-refractivity contribution in [2.24, 2.45) is 5.73 Å². The lowest BCUT2D eigenvalue weighted by Crippen LogP contribution is -2.41. The predicted molar refractivity (Wildman–Crippen MR) is 121 cm³/mol. The SMILES string of the molecule is CN(C)c1ccc2c(c1)Sc1cc(C(F)(F)F)cc(NC3CCN(CCN)CC3)c1C2. The van der Waals surface area contributed by atoms with Gasteiger partial charge < -0.3 is 20.9 Å². The van der Waals surface area contributed by atoms with Gasteiger partial charge in [-0.3, -0.25) is 0 Å². The van der Waals surface area contributed by atoms with Gasteiger partial charge in [0.1, 0.15) is 0 Å². The van der Waals surface area contributed by atoms with E-state index in [9.17, 15) is 13.2 Å². The van der Waals surface area contributed by atoms with E-state index in [1.165, 1.54) is 23.9 Å². The summed E-state index contributed by atoms with van der Waals surface area (Å²) in [5.41, 5.74) is 8.85. The molecule has 31 heavy (non-hydrogen) atoms. The Labute approximate surface area is 186 Å². The molecule has 0 radical (unpaired) electrons. The summed E-state index contributed by atoms with van der Waals surface area (Å²) >= 11 is 1.44. The number of likely N-dealkylation sites (tertiary alicyclic amines) is 1. The number of nitrogens with two attached hydrogens (primary N) is 1. The Kier molecular flexibility index (Phi) is 6.42. The number of alkyl halides is 3. The maximum absolute atomic E-state index is 13.7. The number of hydrogen-bond acceptors (Lipinski definition) is 5. The van der Waals surface area contributed by atoms with Crippen LogP contribution < -0.4 is 16.0 Å². The van der Waals surface area contributed by atoms with Crippen LogP contribution in [0.4, 0.5) is 24.5 Å². The molecule has 2 aliphatic heterocycles. The third-order valence-electron chi connectivity index (χ3n) is 6.08. The molecule has 0 amide bonds. The fraction of sp³-hybridized carbons (Fsp3) is 0.478. The maximum atomic E-state index is 13.7. The molecule has 168 valence electrons. The van der Waals surface area contributed by atoms with Gasteiger partial charge in [0, 0.05) is 73.9 Å². The van der Waals surface area contributed by atoms with E-state index in [1.807, 2.05) is 19.0 Å². The first-order valence-electron chi connectivity index (χ1n) is 10.7. The number of anilines is 2. The van der Waals surface area contributed by atoms with Gasteiger partial charge in [-0.2, -0.15) is 13.2 Å². The molecule has 0 aromatic heterocycles. The Morgan fingerprint density at radius 2 is 1.87 bits per heavy atom. The highest BCUT2D eigenvalue weighted by molar-refractivity contribution is 7.99. The summed E-state index contributed by atoms with van der Waals surface area (Å²) in [5.74, 6) is 0. The molecule has 1 fully saturated rings. The van der Waals surface area contributed by atoms with Crippen molar-refractivity contribution in [3.8, 4) is 0 Å². The van der Waals surface area contributed by atoms with Crippen molar-refractivity contribution in [3.05, 3.63) is 47.0 Å². The fourth-order valence-corrected chi connectivity index (χ4v) is 5.47. The van der Waals surface area contributed by atoms with Crippen LogP contribution in [-0.4, -0.2) is 51.2 Å². The van der Waals surface area contributed by atoms with Gasteiger partial charge in [0.05, 0.1) is 5.56 Å². The maximum Gasteiger partial charge on any atom is 0.416 e. The summed E-state index contributed by atoms with van der Waals surface area (Å²) in [6.07, 6.45) is -1.93. The van der Waals surface area contributed by atoms with Crippen LogP contribution in [0.3, 0.4) is 0 Å². The molecule has 2 aromatic rings. The molecule has 0 unspecified atom stereocenters. The largest absolute Gasteiger partial charge is 0.416 e. The molecule has 2 heterocycles. The van der Waals surface area contributed by atoms with Crippen molar-refractivity contribution in [1.82, 2.24) is 4.90 Å². The standard InChI is InChI=1S/C23H29F3N4S/c1-29(2)18-4-3-15-11-19-20(28-17-5-8-30(9-6-17)10-7-27)12-16(23(24,25)26)13-22(19)31-21(15)14-18/h3-4,12-14,17,28H,5-11,27H2,1-2H3. The lowest BCUT2D eigenvalue weighted by Gasteiger charge is -2.34. The zero-order chi connectivity index (χ0) is 22.2. The second-order valence-corrected chi connectivity index (χ2v) is 9.60. The van der Waals surface area contributed by atoms with Gasteiger partial charge in [-0.1, -0.05) is 17.8 Å². The Bertz CT molecular complexity index is 937. The van der Waals surface area contributed by atoms with Gasteiger partial charge in [-0.15, -0.1) is 0 Å². The van der Waals surface area contributed by atoms with Gasteiger partial charge in [0.15, 0.2) is 0 Å². The average molecular weight is 451 g/mol. The van der Waals surface area contributed by atoms with Gasteiger partial charge in [-0.25, -0.2) is 0 Å². The Balaban J connectivity index is 1.63. The first-order chi connectivity index (χ1) is 14.7. The Morgan fingerprint density at radius 3 is 2.52 bits per heavy atom. The Morgan fingerprint density at radius 1 is 1.13 bits per heavy atom. The van der Waals surface area contributed by atoms with E-state index in [-0.39, 0.29) is 6.04 Å². The van der Waals surface area contributed by atoms with E-state index in [1.54, 1.807) is 0 Å². The minimum Gasteiger partial charge on any atom is -0.382 e. The number of piperidine rings is 1. The summed E-state index contributed by atoms with van der Waals surface area (Å²) in [6, 6.07) is 8.99. The monoisotopic (exact) mass is 450 g/mol. The van der Waals surface area contributed by atoms with Crippen molar-refractivity contribution in [1.29, 1.82) is 0 Å². The average Bonchev–Trinajstić information content (AvgIpc) is 2.72. The van der Waals surface area contributed by atoms with Crippen LogP contribution in [0.15, 0.2) is 40.1 Å². The minimum atomic E-state index is -4.37. The first-order valence-corrected chi connectivity index (χ1v) is 11.5. The number of hydrogen-bond donors (Lipinski definition) is 2. The highest BCUT2D eigenvalue weighted by atomic mass is 32.2. The summed E-state index contributed by atoms with van der Waals surface area (Å²) < 4.78 is 41.0. The first kappa shape index (κ1) is 22.3. The van der Waals surface area contributed by atoms with E-state index < -0.39 is 11.7 Å². The van der Waals surface area contributed by atoms with E-state index in [2.05, 4.69) is 28.4 Å². The van der Waals surface area contributed by atoms with Crippen molar-refractivity contribution >= 4 is 23.1 Å². The highest BCUT2D eigenvalue weighted by Gasteiger charge is 2.34. The molecular weight excluding hydrogens is 421 g/mol. The molecule has 2 aromatic carbocycles. The molecule has 0 saturated carbocycles. The van der Waals surface area contributed by atoms with Gasteiger partial charge in [-0.05, 0) is 48.2 Å². The van der Waals surface area contributed by atoms with Crippen molar-refractivity contribution in [2.75, 3.05) is 50.5 Å². The summed E-state index contributed by atoms with van der Waals surface area (Å²) in [6.45, 7) is 3.33. The molecule has 0 atom stereocenters. The van der Waals surface area contributed by atoms with Crippen LogP contribution in [0.25, 0.3) is 0 Å². The normalized spacial score (nSPS) is 17.2. The molecule has 2 aliphatic rings. The van der Waals surface area contributed by atoms with E-state index in [0.29, 0.717) is 23.5 Å². The predicted octanol–water partition coefficient (Wildman–Crippen LogP) is 4.66. The quantitative estimate of drug-likeness (QED) is 0.592. The highest BCUT2D eigenvalue weighted by Crippen LogP contribution is 2.46. The van der Waals surface area contributed by atoms with Gasteiger partial charge in [0.2, 0.25) is 0 Å². The number of halogens is 3. The van der Waals surface area contributed by atoms with Crippen molar-refractivity contribution in [3.63, 3.8) is 0 Å². The number of fused-ring (bicyclic) bond motifs is 2. The molecule has 0 bridgehead atoms. The molecule has 0 aliphatic carbocycles. The van der Waals surface area contributed by atoms with Crippen molar-refractivity contribution in [2.45, 2.75) is 41.3 Å². The molecular formula is C23H29F3N4S. The molecule has 8 heteroatoms. The van der Waals surface area contributed by atoms with Gasteiger partial charge >= 0.3 is 6.18 Å². The van der Waals surface area contributed by atoms with Crippen LogP contribution in [0.2, 0.25) is 0 Å². The van der Waals surface area contributed by atoms with Crippen LogP contribution in [0.5, 0.6) is 0 Å². The fourth-order valence-electron chi connectivity index (χ4n) is 4.29. The lowest BCUT2D eigenvalue weighted by molar-refractivity contribution is -0.137. The van der Waals surface area contributed by atoms with Crippen LogP contribution >= 0.6 is 11.8 Å². The minimum absolute atomic E-state index is 0.170. The molecule has 3 N–H and O–H groups in total. The smallest absolute Gasteiger partial charge is 0.382 e. The third kappa shape index (κ3) is 4.96. The zero-order valence-corrected chi connectivity index (χ0v) is 18.7. The summed E-state index contributed by atoms with van der Waals surface area (Å²) in [5, 5.41) is 3.47. The molecule has 0 spiro atoms. The number of rotatable bonds is 5. The van der Waals surface area contributed by atoms with Gasteiger partial charge in [0.25, 0.3) is 0 Å². The Hall–Kier alpha value is -1.90. The second kappa shape index (κ2) is 8.92. The van der Waals surface area contributed by atoms with E-state index in [4.69, 9.17) is 5.73 Å². The summed E-state index contributed by atoms with van der Waals surface area (Å²) in [7, 11) is 3.93. The number of nitrogens with zero attached hydrogens (tertiary/aromatic N) is 2. The van der Waals surface area contributed by atoms with Crippen molar-refractivity contribution < 1.29 is 13.2 Å². The molecule has 4 rings (SSSR count). The molecule has 4 nitrogen and oxygen atoms in total. The number of benzene rings is 2. The summed E-state index contributed by atoms with van der Waals surface area (Å²) in [4.78, 5) is 6.04. The van der Waals surface area contributed by atoms with Crippen LogP contribution in [0.1, 0.15) is 29.5 Å². The third-order valence-corrected chi connectivity index (χ3v) is 7.27. The topological polar surface area (TPSA) is 44.5 Å². The number of nitrogens with one attached hydrogen (secondary N) is 1. The van der Waals surface area contributed by atoms with E-state index in [0.717, 1.165) is 54.2 Å². The van der Waals surface area contributed by atoms with E-state index >= 15 is 0 Å². The van der Waals surface area contributed by atoms with Crippen LogP contribution in [0, 0.1) is 0 Å². The molecule has 1 saturated heterocycles. The lowest BCUT2D eigenvalue weighted by atomic mass is 9.98. The zero-order valence-electron chi connectivity index (χ0n) is 17.9. The van der Waals surface area contributed by atoms with Crippen LogP contribution in [-0.2, 0) is 12.6 Å².